The van der Waals surface area contributed by atoms with Crippen LogP contribution in [0, 0.1) is 6.92 Å². The first kappa shape index (κ1) is 14.9. The largest absolute Gasteiger partial charge is 0.350 e. The van der Waals surface area contributed by atoms with Crippen LogP contribution in [0.15, 0.2) is 53.8 Å². The Bertz CT molecular complexity index is 903. The monoisotopic (exact) mass is 308 g/mol. The van der Waals surface area contributed by atoms with Crippen molar-refractivity contribution in [1.29, 1.82) is 0 Å². The first-order valence-corrected chi connectivity index (χ1v) is 7.25. The van der Waals surface area contributed by atoms with Crippen LogP contribution in [0.5, 0.6) is 0 Å². The Kier molecular flexibility index (Phi) is 4.14. The molecule has 0 aliphatic heterocycles. The fourth-order valence-corrected chi connectivity index (χ4v) is 2.36. The second-order valence-electron chi connectivity index (χ2n) is 5.29. The molecule has 0 saturated heterocycles. The SMILES string of the molecule is Cc1cccc2c(=O)n(CC(=O)NCc3cccnc3)cnc12. The van der Waals surface area contributed by atoms with E-state index in [1.54, 1.807) is 18.5 Å². The summed E-state index contributed by atoms with van der Waals surface area (Å²) in [5.41, 5.74) is 2.30. The second kappa shape index (κ2) is 6.39. The lowest BCUT2D eigenvalue weighted by atomic mass is 10.1. The number of hydrogen-bond acceptors (Lipinski definition) is 4. The fourth-order valence-electron chi connectivity index (χ4n) is 2.36. The summed E-state index contributed by atoms with van der Waals surface area (Å²) in [6.45, 7) is 2.22. The molecule has 23 heavy (non-hydrogen) atoms. The molecule has 0 spiro atoms. The summed E-state index contributed by atoms with van der Waals surface area (Å²) in [5, 5.41) is 3.29. The zero-order chi connectivity index (χ0) is 16.2. The van der Waals surface area contributed by atoms with Gasteiger partial charge in [-0.25, -0.2) is 4.98 Å². The molecule has 3 aromatic rings. The maximum Gasteiger partial charge on any atom is 0.261 e. The Labute approximate surface area is 132 Å². The normalized spacial score (nSPS) is 10.7. The summed E-state index contributed by atoms with van der Waals surface area (Å²) in [6.07, 6.45) is 4.78. The molecule has 116 valence electrons. The number of aryl methyl sites for hydroxylation is 1. The average molecular weight is 308 g/mol. The van der Waals surface area contributed by atoms with Crippen LogP contribution in [0.2, 0.25) is 0 Å². The van der Waals surface area contributed by atoms with Gasteiger partial charge >= 0.3 is 0 Å². The Morgan fingerprint density at radius 1 is 1.26 bits per heavy atom. The zero-order valence-corrected chi connectivity index (χ0v) is 12.7. The van der Waals surface area contributed by atoms with E-state index in [2.05, 4.69) is 15.3 Å². The van der Waals surface area contributed by atoms with Crippen LogP contribution in [0.25, 0.3) is 10.9 Å². The topological polar surface area (TPSA) is 76.9 Å². The number of pyridine rings is 1. The number of carbonyl (C=O) groups excluding carboxylic acids is 1. The molecule has 0 fully saturated rings. The molecule has 0 radical (unpaired) electrons. The second-order valence-corrected chi connectivity index (χ2v) is 5.29. The van der Waals surface area contributed by atoms with Gasteiger partial charge in [0.15, 0.2) is 0 Å². The van der Waals surface area contributed by atoms with Crippen molar-refractivity contribution in [2.75, 3.05) is 0 Å². The summed E-state index contributed by atoms with van der Waals surface area (Å²) in [4.78, 5) is 32.7. The van der Waals surface area contributed by atoms with E-state index < -0.39 is 0 Å². The summed E-state index contributed by atoms with van der Waals surface area (Å²) in [5.74, 6) is -0.246. The van der Waals surface area contributed by atoms with Gasteiger partial charge < -0.3 is 5.32 Å². The van der Waals surface area contributed by atoms with Crippen LogP contribution in [0.1, 0.15) is 11.1 Å². The van der Waals surface area contributed by atoms with E-state index in [1.165, 1.54) is 10.9 Å². The molecule has 2 heterocycles. The maximum absolute atomic E-state index is 12.4. The summed E-state index contributed by atoms with van der Waals surface area (Å²) in [6, 6.07) is 9.12. The lowest BCUT2D eigenvalue weighted by Gasteiger charge is -2.08. The number of nitrogens with zero attached hydrogens (tertiary/aromatic N) is 3. The molecule has 1 N–H and O–H groups in total. The molecule has 6 nitrogen and oxygen atoms in total. The molecule has 6 heteroatoms. The van der Waals surface area contributed by atoms with Crippen molar-refractivity contribution in [2.45, 2.75) is 20.0 Å². The van der Waals surface area contributed by atoms with Crippen molar-refractivity contribution in [3.63, 3.8) is 0 Å². The van der Waals surface area contributed by atoms with Gasteiger partial charge in [0, 0.05) is 18.9 Å². The molecular formula is C17H16N4O2. The molecule has 0 atom stereocenters. The average Bonchev–Trinajstić information content (AvgIpc) is 2.57. The van der Waals surface area contributed by atoms with Crippen LogP contribution in [-0.2, 0) is 17.9 Å². The molecule has 1 amide bonds. The van der Waals surface area contributed by atoms with Crippen molar-refractivity contribution < 1.29 is 4.79 Å². The fraction of sp³-hybridized carbons (Fsp3) is 0.176. The number of carbonyl (C=O) groups is 1. The van der Waals surface area contributed by atoms with Gasteiger partial charge in [0.25, 0.3) is 5.56 Å². The third-order valence-corrected chi connectivity index (χ3v) is 3.58. The quantitative estimate of drug-likeness (QED) is 0.790. The minimum absolute atomic E-state index is 0.0595. The van der Waals surface area contributed by atoms with E-state index in [0.717, 1.165) is 11.1 Å². The summed E-state index contributed by atoms with van der Waals surface area (Å²) in [7, 11) is 0. The highest BCUT2D eigenvalue weighted by atomic mass is 16.2. The van der Waals surface area contributed by atoms with Crippen LogP contribution >= 0.6 is 0 Å². The Morgan fingerprint density at radius 3 is 2.91 bits per heavy atom. The van der Waals surface area contributed by atoms with Gasteiger partial charge in [0.2, 0.25) is 5.91 Å². The van der Waals surface area contributed by atoms with Crippen LogP contribution < -0.4 is 10.9 Å². The Morgan fingerprint density at radius 2 is 2.13 bits per heavy atom. The molecule has 0 bridgehead atoms. The highest BCUT2D eigenvalue weighted by Gasteiger charge is 2.09. The lowest BCUT2D eigenvalue weighted by Crippen LogP contribution is -2.32. The van der Waals surface area contributed by atoms with E-state index in [9.17, 15) is 9.59 Å². The van der Waals surface area contributed by atoms with Gasteiger partial charge in [-0.1, -0.05) is 18.2 Å². The molecule has 3 rings (SSSR count). The van der Waals surface area contributed by atoms with Crippen LogP contribution in [0.3, 0.4) is 0 Å². The first-order chi connectivity index (χ1) is 11.1. The smallest absolute Gasteiger partial charge is 0.261 e. The number of para-hydroxylation sites is 1. The van der Waals surface area contributed by atoms with Gasteiger partial charge in [-0.2, -0.15) is 0 Å². The molecular weight excluding hydrogens is 292 g/mol. The minimum atomic E-state index is -0.246. The van der Waals surface area contributed by atoms with Crippen LogP contribution in [0.4, 0.5) is 0 Å². The summed E-state index contributed by atoms with van der Waals surface area (Å²) < 4.78 is 1.32. The minimum Gasteiger partial charge on any atom is -0.350 e. The summed E-state index contributed by atoms with van der Waals surface area (Å²) >= 11 is 0. The molecule has 0 saturated carbocycles. The highest BCUT2D eigenvalue weighted by Crippen LogP contribution is 2.11. The van der Waals surface area contributed by atoms with Crippen molar-refractivity contribution >= 4 is 16.8 Å². The lowest BCUT2D eigenvalue weighted by molar-refractivity contribution is -0.121. The third-order valence-electron chi connectivity index (χ3n) is 3.58. The van der Waals surface area contributed by atoms with Gasteiger partial charge in [-0.3, -0.25) is 19.1 Å². The number of hydrogen-bond donors (Lipinski definition) is 1. The van der Waals surface area contributed by atoms with Gasteiger partial charge in [-0.15, -0.1) is 0 Å². The van der Waals surface area contributed by atoms with E-state index in [-0.39, 0.29) is 18.0 Å². The van der Waals surface area contributed by atoms with Gasteiger partial charge in [-0.05, 0) is 30.2 Å². The number of aromatic nitrogens is 3. The number of nitrogens with one attached hydrogen (secondary N) is 1. The molecule has 0 unspecified atom stereocenters. The first-order valence-electron chi connectivity index (χ1n) is 7.25. The maximum atomic E-state index is 12.4. The Balaban J connectivity index is 1.75. The third kappa shape index (κ3) is 3.26. The number of benzene rings is 1. The number of amides is 1. The van der Waals surface area contributed by atoms with Crippen molar-refractivity contribution in [3.8, 4) is 0 Å². The number of rotatable bonds is 4. The van der Waals surface area contributed by atoms with E-state index in [1.807, 2.05) is 31.2 Å². The standard InChI is InChI=1S/C17H16N4O2/c1-12-4-2-6-14-16(12)20-11-21(17(14)23)10-15(22)19-9-13-5-3-7-18-8-13/h2-8,11H,9-10H2,1H3,(H,19,22). The zero-order valence-electron chi connectivity index (χ0n) is 12.7. The van der Waals surface area contributed by atoms with E-state index in [0.29, 0.717) is 17.4 Å². The van der Waals surface area contributed by atoms with E-state index >= 15 is 0 Å². The van der Waals surface area contributed by atoms with E-state index in [4.69, 9.17) is 0 Å². The molecule has 0 aliphatic carbocycles. The predicted octanol–water partition coefficient (Wildman–Crippen LogP) is 1.42. The predicted molar refractivity (Wildman–Crippen MR) is 86.8 cm³/mol. The molecule has 0 aliphatic rings. The van der Waals surface area contributed by atoms with Crippen molar-refractivity contribution in [1.82, 2.24) is 19.9 Å². The highest BCUT2D eigenvalue weighted by molar-refractivity contribution is 5.81. The number of fused-ring (bicyclic) bond motifs is 1. The van der Waals surface area contributed by atoms with Gasteiger partial charge in [0.1, 0.15) is 6.54 Å². The van der Waals surface area contributed by atoms with Crippen molar-refractivity contribution in [2.24, 2.45) is 0 Å². The van der Waals surface area contributed by atoms with Crippen LogP contribution in [-0.4, -0.2) is 20.4 Å². The Hall–Kier alpha value is -3.02. The molecule has 2 aromatic heterocycles. The molecule has 1 aromatic carbocycles. The van der Waals surface area contributed by atoms with Gasteiger partial charge in [0.05, 0.1) is 17.2 Å². The van der Waals surface area contributed by atoms with Crippen molar-refractivity contribution in [3.05, 3.63) is 70.5 Å².